The number of carbonyl (C=O) groups is 1. The van der Waals surface area contributed by atoms with Crippen LogP contribution in [0.25, 0.3) is 16.6 Å². The molecule has 0 spiro atoms. The Morgan fingerprint density at radius 2 is 1.72 bits per heavy atom. The number of carbonyl (C=O) groups excluding carboxylic acids is 1. The van der Waals surface area contributed by atoms with E-state index < -0.39 is 0 Å². The van der Waals surface area contributed by atoms with E-state index in [1.54, 1.807) is 22.4 Å². The molecule has 32 heavy (non-hydrogen) atoms. The number of para-hydroxylation sites is 3. The number of amides is 1. The molecule has 0 bridgehead atoms. The number of aromatic nitrogens is 2. The Morgan fingerprint density at radius 3 is 2.56 bits per heavy atom. The maximum Gasteiger partial charge on any atom is 0.266 e. The summed E-state index contributed by atoms with van der Waals surface area (Å²) in [5.74, 6) is 1.09. The number of benzene rings is 3. The van der Waals surface area contributed by atoms with Gasteiger partial charge < -0.3 is 4.90 Å². The van der Waals surface area contributed by atoms with E-state index in [0.717, 1.165) is 27.6 Å². The molecular weight excluding hydrogens is 438 g/mol. The summed E-state index contributed by atoms with van der Waals surface area (Å²) in [5, 5.41) is 1.09. The summed E-state index contributed by atoms with van der Waals surface area (Å²) in [7, 11) is 0. The summed E-state index contributed by atoms with van der Waals surface area (Å²) in [5.41, 5.74) is 3.22. The van der Waals surface area contributed by atoms with Crippen molar-refractivity contribution in [1.29, 1.82) is 0 Å². The molecule has 0 N–H and O–H groups in total. The summed E-state index contributed by atoms with van der Waals surface area (Å²) in [4.78, 5) is 34.3. The van der Waals surface area contributed by atoms with Crippen molar-refractivity contribution in [3.05, 3.63) is 88.7 Å². The van der Waals surface area contributed by atoms with Crippen LogP contribution in [0.15, 0.2) is 87.6 Å². The highest BCUT2D eigenvalue weighted by Crippen LogP contribution is 2.35. The van der Waals surface area contributed by atoms with E-state index in [9.17, 15) is 9.59 Å². The molecule has 0 atom stereocenters. The minimum Gasteiger partial charge on any atom is -0.310 e. The smallest absolute Gasteiger partial charge is 0.266 e. The summed E-state index contributed by atoms with van der Waals surface area (Å²) in [6.07, 6.45) is 0. The van der Waals surface area contributed by atoms with Crippen LogP contribution in [0.1, 0.15) is 5.56 Å². The Morgan fingerprint density at radius 1 is 1.00 bits per heavy atom. The van der Waals surface area contributed by atoms with E-state index in [0.29, 0.717) is 22.6 Å². The first-order chi connectivity index (χ1) is 15.6. The van der Waals surface area contributed by atoms with Crippen molar-refractivity contribution in [1.82, 2.24) is 9.55 Å². The molecule has 1 aliphatic heterocycles. The van der Waals surface area contributed by atoms with Gasteiger partial charge in [-0.3, -0.25) is 14.2 Å². The normalized spacial score (nSPS) is 13.2. The van der Waals surface area contributed by atoms with Crippen LogP contribution in [0.3, 0.4) is 0 Å². The highest BCUT2D eigenvalue weighted by atomic mass is 32.2. The molecule has 0 aliphatic carbocycles. The van der Waals surface area contributed by atoms with Crippen LogP contribution < -0.4 is 10.5 Å². The molecule has 3 aromatic carbocycles. The number of anilines is 1. The van der Waals surface area contributed by atoms with Gasteiger partial charge in [0, 0.05) is 17.2 Å². The summed E-state index contributed by atoms with van der Waals surface area (Å²) in [6.45, 7) is 2.65. The van der Waals surface area contributed by atoms with Gasteiger partial charge in [0.1, 0.15) is 0 Å². The topological polar surface area (TPSA) is 55.2 Å². The number of aryl methyl sites for hydroxylation is 1. The second-order valence-electron chi connectivity index (χ2n) is 7.49. The Hall–Kier alpha value is -3.03. The van der Waals surface area contributed by atoms with E-state index in [1.807, 2.05) is 78.6 Å². The first-order valence-electron chi connectivity index (χ1n) is 10.4. The third-order valence-corrected chi connectivity index (χ3v) is 7.42. The number of nitrogens with zero attached hydrogens (tertiary/aromatic N) is 3. The second-order valence-corrected chi connectivity index (χ2v) is 9.57. The fraction of sp³-hybridized carbons (Fsp3) is 0.160. The zero-order valence-electron chi connectivity index (χ0n) is 17.5. The average molecular weight is 460 g/mol. The van der Waals surface area contributed by atoms with Gasteiger partial charge in [0.05, 0.1) is 28.0 Å². The zero-order valence-corrected chi connectivity index (χ0v) is 19.2. The molecule has 2 heterocycles. The highest BCUT2D eigenvalue weighted by Gasteiger charge is 2.24. The van der Waals surface area contributed by atoms with E-state index >= 15 is 0 Å². The van der Waals surface area contributed by atoms with Crippen LogP contribution in [-0.4, -0.2) is 33.5 Å². The van der Waals surface area contributed by atoms with Crippen molar-refractivity contribution in [2.24, 2.45) is 0 Å². The van der Waals surface area contributed by atoms with Gasteiger partial charge in [0.25, 0.3) is 5.56 Å². The number of thioether (sulfide) groups is 2. The lowest BCUT2D eigenvalue weighted by atomic mass is 10.2. The number of rotatable bonds is 4. The summed E-state index contributed by atoms with van der Waals surface area (Å²) in [6, 6.07) is 23.1. The maximum absolute atomic E-state index is 13.4. The Balaban J connectivity index is 1.52. The van der Waals surface area contributed by atoms with Gasteiger partial charge in [0.15, 0.2) is 5.16 Å². The quantitative estimate of drug-likeness (QED) is 0.320. The molecule has 7 heteroatoms. The van der Waals surface area contributed by atoms with E-state index in [1.165, 1.54) is 11.8 Å². The van der Waals surface area contributed by atoms with Gasteiger partial charge in [-0.1, -0.05) is 54.2 Å². The maximum atomic E-state index is 13.4. The summed E-state index contributed by atoms with van der Waals surface area (Å²) < 4.78 is 1.63. The average Bonchev–Trinajstić information content (AvgIpc) is 2.83. The van der Waals surface area contributed by atoms with Gasteiger partial charge in [-0.15, -0.1) is 11.8 Å². The first kappa shape index (κ1) is 20.8. The largest absolute Gasteiger partial charge is 0.310 e. The fourth-order valence-electron chi connectivity index (χ4n) is 3.87. The second kappa shape index (κ2) is 8.84. The molecule has 160 valence electrons. The number of fused-ring (bicyclic) bond motifs is 2. The van der Waals surface area contributed by atoms with Crippen LogP contribution >= 0.6 is 23.5 Å². The molecular formula is C25H21N3O2S2. The minimum atomic E-state index is -0.125. The van der Waals surface area contributed by atoms with Crippen molar-refractivity contribution >= 4 is 46.0 Å². The molecule has 0 fully saturated rings. The van der Waals surface area contributed by atoms with Crippen molar-refractivity contribution < 1.29 is 4.79 Å². The van der Waals surface area contributed by atoms with Crippen molar-refractivity contribution in [2.75, 3.05) is 23.0 Å². The van der Waals surface area contributed by atoms with Crippen LogP contribution in [0, 0.1) is 6.92 Å². The number of hydrogen-bond donors (Lipinski definition) is 0. The van der Waals surface area contributed by atoms with Crippen LogP contribution in [0.2, 0.25) is 0 Å². The Kier molecular flexibility index (Phi) is 5.76. The third-order valence-electron chi connectivity index (χ3n) is 5.46. The minimum absolute atomic E-state index is 0.0153. The molecule has 4 aromatic rings. The molecule has 0 radical (unpaired) electrons. The van der Waals surface area contributed by atoms with Gasteiger partial charge in [0.2, 0.25) is 5.91 Å². The van der Waals surface area contributed by atoms with Gasteiger partial charge in [-0.25, -0.2) is 4.98 Å². The lowest BCUT2D eigenvalue weighted by Gasteiger charge is -2.29. The first-order valence-corrected chi connectivity index (χ1v) is 12.3. The van der Waals surface area contributed by atoms with Crippen molar-refractivity contribution in [3.8, 4) is 5.69 Å². The van der Waals surface area contributed by atoms with Crippen molar-refractivity contribution in [2.45, 2.75) is 17.0 Å². The Labute approximate surface area is 194 Å². The van der Waals surface area contributed by atoms with Gasteiger partial charge >= 0.3 is 0 Å². The van der Waals surface area contributed by atoms with Gasteiger partial charge in [-0.2, -0.15) is 0 Å². The molecule has 5 nitrogen and oxygen atoms in total. The highest BCUT2D eigenvalue weighted by molar-refractivity contribution is 8.00. The number of hydrogen-bond acceptors (Lipinski definition) is 5. The van der Waals surface area contributed by atoms with Gasteiger partial charge in [-0.05, 0) is 42.8 Å². The molecule has 1 aromatic heterocycles. The van der Waals surface area contributed by atoms with Crippen LogP contribution in [-0.2, 0) is 4.79 Å². The lowest BCUT2D eigenvalue weighted by Crippen LogP contribution is -2.36. The molecule has 0 unspecified atom stereocenters. The Bertz CT molecular complexity index is 1380. The van der Waals surface area contributed by atoms with Crippen LogP contribution in [0.5, 0.6) is 0 Å². The standard InChI is InChI=1S/C25H21N3O2S2/c1-17-8-2-5-11-20(17)28-24(30)18-9-3-4-10-19(18)26-25(28)32-16-23(29)27-14-15-31-22-13-7-6-12-21(22)27/h2-13H,14-16H2,1H3. The summed E-state index contributed by atoms with van der Waals surface area (Å²) >= 11 is 3.08. The zero-order chi connectivity index (χ0) is 22.1. The predicted octanol–water partition coefficient (Wildman–Crippen LogP) is 4.93. The SMILES string of the molecule is Cc1ccccc1-n1c(SCC(=O)N2CCSc3ccccc32)nc2ccccc2c1=O. The molecule has 1 aliphatic rings. The molecule has 1 amide bonds. The molecule has 5 rings (SSSR count). The molecule has 0 saturated heterocycles. The van der Waals surface area contributed by atoms with Crippen molar-refractivity contribution in [3.63, 3.8) is 0 Å². The lowest BCUT2D eigenvalue weighted by molar-refractivity contribution is -0.116. The third kappa shape index (κ3) is 3.82. The van der Waals surface area contributed by atoms with E-state index in [-0.39, 0.29) is 17.2 Å². The van der Waals surface area contributed by atoms with E-state index in [4.69, 9.17) is 4.98 Å². The monoisotopic (exact) mass is 459 g/mol. The predicted molar refractivity (Wildman–Crippen MR) is 132 cm³/mol. The van der Waals surface area contributed by atoms with Crippen LogP contribution in [0.4, 0.5) is 5.69 Å². The van der Waals surface area contributed by atoms with E-state index in [2.05, 4.69) is 0 Å². The fourth-order valence-corrected chi connectivity index (χ4v) is 5.75. The molecule has 0 saturated carbocycles.